The summed E-state index contributed by atoms with van der Waals surface area (Å²) in [6.07, 6.45) is 4.92. The first kappa shape index (κ1) is 5.03. The van der Waals surface area contributed by atoms with Crippen LogP contribution in [0.5, 0.6) is 0 Å². The van der Waals surface area contributed by atoms with Gasteiger partial charge in [0.15, 0.2) is 0 Å². The lowest BCUT2D eigenvalue weighted by molar-refractivity contribution is -0.118. The number of nitrogens with two attached hydrogens (primary N) is 1. The van der Waals surface area contributed by atoms with Gasteiger partial charge in [-0.2, -0.15) is 0 Å². The Morgan fingerprint density at radius 3 is 2.75 bits per heavy atom. The molecule has 1 aliphatic rings. The highest BCUT2D eigenvalue weighted by atomic mass is 16.1. The van der Waals surface area contributed by atoms with Crippen LogP contribution in [-0.2, 0) is 4.79 Å². The van der Waals surface area contributed by atoms with Crippen LogP contribution in [0.25, 0.3) is 0 Å². The van der Waals surface area contributed by atoms with Crippen LogP contribution < -0.4 is 5.73 Å². The molecule has 0 aliphatic carbocycles. The molecule has 8 heavy (non-hydrogen) atoms. The molecule has 1 rings (SSSR count). The molecule has 1 amide bonds. The predicted octanol–water partition coefficient (Wildman–Crippen LogP) is -0.519. The third-order valence-electron chi connectivity index (χ3n) is 0.918. The van der Waals surface area contributed by atoms with E-state index < -0.39 is 11.9 Å². The van der Waals surface area contributed by atoms with E-state index >= 15 is 0 Å². The number of rotatable bonds is 1. The fourth-order valence-corrected chi connectivity index (χ4v) is 0.515. The van der Waals surface area contributed by atoms with Crippen LogP contribution in [0, 0.1) is 0 Å². The summed E-state index contributed by atoms with van der Waals surface area (Å²) >= 11 is 0. The SMILES string of the molecule is NC(=O)C1C=CC=N1. The lowest BCUT2D eigenvalue weighted by atomic mass is 10.3. The second kappa shape index (κ2) is 1.78. The molecule has 1 unspecified atom stereocenters. The molecule has 0 aromatic heterocycles. The third-order valence-corrected chi connectivity index (χ3v) is 0.918. The number of primary amides is 1. The van der Waals surface area contributed by atoms with Gasteiger partial charge in [-0.15, -0.1) is 0 Å². The van der Waals surface area contributed by atoms with Gasteiger partial charge in [-0.05, 0) is 12.2 Å². The molecule has 0 bridgehead atoms. The number of amides is 1. The number of nitrogens with zero attached hydrogens (tertiary/aromatic N) is 1. The highest BCUT2D eigenvalue weighted by molar-refractivity contribution is 5.88. The normalized spacial score (nSPS) is 24.2. The van der Waals surface area contributed by atoms with E-state index in [0.29, 0.717) is 0 Å². The molecular weight excluding hydrogens is 104 g/mol. The Bertz CT molecular complexity index is 148. The summed E-state index contributed by atoms with van der Waals surface area (Å²) in [4.78, 5) is 14.0. The van der Waals surface area contributed by atoms with Crippen LogP contribution in [0.4, 0.5) is 0 Å². The van der Waals surface area contributed by atoms with Gasteiger partial charge in [0, 0.05) is 6.21 Å². The van der Waals surface area contributed by atoms with E-state index in [4.69, 9.17) is 5.73 Å². The fraction of sp³-hybridized carbons (Fsp3) is 0.200. The summed E-state index contributed by atoms with van der Waals surface area (Å²) in [6.45, 7) is 0. The van der Waals surface area contributed by atoms with Gasteiger partial charge in [-0.3, -0.25) is 9.79 Å². The standard InChI is InChI=1S/C5H6N2O/c6-5(8)4-2-1-3-7-4/h1-4H,(H2,6,8). The minimum Gasteiger partial charge on any atom is -0.368 e. The van der Waals surface area contributed by atoms with Gasteiger partial charge >= 0.3 is 0 Å². The van der Waals surface area contributed by atoms with Gasteiger partial charge < -0.3 is 5.73 Å². The van der Waals surface area contributed by atoms with Crippen molar-refractivity contribution < 1.29 is 4.79 Å². The minimum absolute atomic E-state index is 0.394. The zero-order valence-corrected chi connectivity index (χ0v) is 4.24. The van der Waals surface area contributed by atoms with Gasteiger partial charge in [-0.1, -0.05) is 0 Å². The molecule has 0 radical (unpaired) electrons. The first-order valence-corrected chi connectivity index (χ1v) is 2.30. The van der Waals surface area contributed by atoms with Gasteiger partial charge in [0.25, 0.3) is 0 Å². The molecule has 1 heterocycles. The maximum Gasteiger partial charge on any atom is 0.246 e. The summed E-state index contributed by atoms with van der Waals surface area (Å²) in [5.74, 6) is -0.394. The highest BCUT2D eigenvalue weighted by Crippen LogP contribution is 1.96. The third kappa shape index (κ3) is 0.753. The molecule has 0 saturated heterocycles. The van der Waals surface area contributed by atoms with E-state index in [-0.39, 0.29) is 0 Å². The number of aliphatic imine (C=N–C) groups is 1. The molecule has 2 N–H and O–H groups in total. The first-order chi connectivity index (χ1) is 3.80. The Kier molecular flexibility index (Phi) is 1.12. The Balaban J connectivity index is 2.62. The molecule has 1 aliphatic heterocycles. The highest BCUT2D eigenvalue weighted by Gasteiger charge is 2.09. The summed E-state index contributed by atoms with van der Waals surface area (Å²) in [7, 11) is 0. The zero-order chi connectivity index (χ0) is 5.98. The Morgan fingerprint density at radius 2 is 2.50 bits per heavy atom. The molecular formula is C5H6N2O. The van der Waals surface area contributed by atoms with Crippen molar-refractivity contribution in [1.29, 1.82) is 0 Å². The van der Waals surface area contributed by atoms with Crippen molar-refractivity contribution in [2.24, 2.45) is 10.7 Å². The summed E-state index contributed by atoms with van der Waals surface area (Å²) < 4.78 is 0. The number of carbonyl (C=O) groups excluding carboxylic acids is 1. The molecule has 0 aromatic carbocycles. The van der Waals surface area contributed by atoms with Gasteiger partial charge in [0.05, 0.1) is 0 Å². The topological polar surface area (TPSA) is 55.5 Å². The fourth-order valence-electron chi connectivity index (χ4n) is 0.515. The molecule has 3 nitrogen and oxygen atoms in total. The molecule has 0 saturated carbocycles. The lowest BCUT2D eigenvalue weighted by Crippen LogP contribution is -2.23. The largest absolute Gasteiger partial charge is 0.368 e. The van der Waals surface area contributed by atoms with E-state index in [0.717, 1.165) is 0 Å². The van der Waals surface area contributed by atoms with Gasteiger partial charge in [-0.25, -0.2) is 0 Å². The predicted molar refractivity (Wildman–Crippen MR) is 30.6 cm³/mol. The Morgan fingerprint density at radius 1 is 1.75 bits per heavy atom. The van der Waals surface area contributed by atoms with Crippen molar-refractivity contribution in [3.63, 3.8) is 0 Å². The molecule has 0 aromatic rings. The summed E-state index contributed by atoms with van der Waals surface area (Å²) in [5, 5.41) is 0. The van der Waals surface area contributed by atoms with Crippen LogP contribution in [0.3, 0.4) is 0 Å². The zero-order valence-electron chi connectivity index (χ0n) is 4.24. The van der Waals surface area contributed by atoms with Crippen molar-refractivity contribution in [3.05, 3.63) is 12.2 Å². The number of hydrogen-bond donors (Lipinski definition) is 1. The monoisotopic (exact) mass is 110 g/mol. The smallest absolute Gasteiger partial charge is 0.246 e. The van der Waals surface area contributed by atoms with Crippen LogP contribution in [0.1, 0.15) is 0 Å². The van der Waals surface area contributed by atoms with Crippen molar-refractivity contribution in [2.45, 2.75) is 6.04 Å². The number of allylic oxidation sites excluding steroid dienone is 1. The van der Waals surface area contributed by atoms with E-state index in [1.165, 1.54) is 0 Å². The van der Waals surface area contributed by atoms with Crippen molar-refractivity contribution in [2.75, 3.05) is 0 Å². The van der Waals surface area contributed by atoms with Gasteiger partial charge in [0.1, 0.15) is 6.04 Å². The summed E-state index contributed by atoms with van der Waals surface area (Å²) in [5.41, 5.74) is 4.89. The molecule has 1 atom stereocenters. The van der Waals surface area contributed by atoms with E-state index in [1.807, 2.05) is 0 Å². The maximum absolute atomic E-state index is 10.3. The summed E-state index contributed by atoms with van der Waals surface area (Å²) in [6, 6.07) is -0.407. The lowest BCUT2D eigenvalue weighted by Gasteiger charge is -1.93. The molecule has 0 spiro atoms. The molecule has 0 fully saturated rings. The molecule has 3 heteroatoms. The van der Waals surface area contributed by atoms with Crippen LogP contribution in [-0.4, -0.2) is 18.2 Å². The second-order valence-electron chi connectivity index (χ2n) is 1.53. The average Bonchev–Trinajstić information content (AvgIpc) is 2.12. The second-order valence-corrected chi connectivity index (χ2v) is 1.53. The van der Waals surface area contributed by atoms with E-state index in [2.05, 4.69) is 4.99 Å². The van der Waals surface area contributed by atoms with Crippen molar-refractivity contribution >= 4 is 12.1 Å². The van der Waals surface area contributed by atoms with Gasteiger partial charge in [0.2, 0.25) is 5.91 Å². The van der Waals surface area contributed by atoms with E-state index in [9.17, 15) is 4.79 Å². The Labute approximate surface area is 46.9 Å². The van der Waals surface area contributed by atoms with Crippen LogP contribution in [0.2, 0.25) is 0 Å². The minimum atomic E-state index is -0.407. The first-order valence-electron chi connectivity index (χ1n) is 2.30. The van der Waals surface area contributed by atoms with Crippen LogP contribution >= 0.6 is 0 Å². The molecule has 42 valence electrons. The van der Waals surface area contributed by atoms with E-state index in [1.54, 1.807) is 18.4 Å². The number of hydrogen-bond acceptors (Lipinski definition) is 2. The number of carbonyl (C=O) groups is 1. The van der Waals surface area contributed by atoms with Crippen molar-refractivity contribution in [3.8, 4) is 0 Å². The Hall–Kier alpha value is -1.12. The van der Waals surface area contributed by atoms with Crippen LogP contribution in [0.15, 0.2) is 17.1 Å². The quantitative estimate of drug-likeness (QED) is 0.485. The maximum atomic E-state index is 10.3. The average molecular weight is 110 g/mol. The van der Waals surface area contributed by atoms with Crippen molar-refractivity contribution in [1.82, 2.24) is 0 Å².